The summed E-state index contributed by atoms with van der Waals surface area (Å²) in [6, 6.07) is 15.0. The van der Waals surface area contributed by atoms with Crippen LogP contribution in [0.4, 0.5) is 4.39 Å². The predicted octanol–water partition coefficient (Wildman–Crippen LogP) is 7.59. The van der Waals surface area contributed by atoms with Crippen molar-refractivity contribution in [2.45, 2.75) is 32.6 Å². The Morgan fingerprint density at radius 2 is 1.62 bits per heavy atom. The molecule has 0 saturated heterocycles. The molecule has 0 bridgehead atoms. The van der Waals surface area contributed by atoms with Gasteiger partial charge in [-0.05, 0) is 41.7 Å². The fourth-order valence-corrected chi connectivity index (χ4v) is 3.21. The summed E-state index contributed by atoms with van der Waals surface area (Å²) in [5.41, 5.74) is 4.20. The first kappa shape index (κ1) is 18.9. The van der Waals surface area contributed by atoms with Gasteiger partial charge in [-0.25, -0.2) is 9.37 Å². The van der Waals surface area contributed by atoms with E-state index in [1.54, 1.807) is 18.3 Å². The van der Waals surface area contributed by atoms with Crippen molar-refractivity contribution in [1.82, 2.24) is 4.98 Å². The number of hydrogen-bond donors (Lipinski definition) is 0. The molecule has 1 heterocycles. The molecule has 0 unspecified atom stereocenters. The van der Waals surface area contributed by atoms with E-state index in [1.807, 2.05) is 18.2 Å². The molecule has 2 aromatic carbocycles. The van der Waals surface area contributed by atoms with Crippen LogP contribution in [0.5, 0.6) is 0 Å². The number of aryl methyl sites for hydroxylation is 1. The lowest BCUT2D eigenvalue weighted by Crippen LogP contribution is -1.89. The Kier molecular flexibility index (Phi) is 6.29. The standard InChI is InChI=1S/C22H20Cl2FN/c1-2-3-4-5-15-6-8-16(9-7-15)19-11-10-17(13-21(19)25)18-12-20(23)22(24)26-14-18/h6-14H,2-5H2,1H3. The van der Waals surface area contributed by atoms with E-state index in [0.717, 1.165) is 17.5 Å². The smallest absolute Gasteiger partial charge is 0.147 e. The lowest BCUT2D eigenvalue weighted by Gasteiger charge is -2.08. The molecule has 0 amide bonds. The van der Waals surface area contributed by atoms with Crippen molar-refractivity contribution in [3.8, 4) is 22.3 Å². The molecule has 0 spiro atoms. The topological polar surface area (TPSA) is 12.9 Å². The molecule has 3 rings (SSSR count). The lowest BCUT2D eigenvalue weighted by molar-refractivity contribution is 0.632. The van der Waals surface area contributed by atoms with Gasteiger partial charge in [0.2, 0.25) is 0 Å². The van der Waals surface area contributed by atoms with Gasteiger partial charge in [-0.2, -0.15) is 0 Å². The van der Waals surface area contributed by atoms with Crippen molar-refractivity contribution in [2.75, 3.05) is 0 Å². The van der Waals surface area contributed by atoms with Gasteiger partial charge in [0.05, 0.1) is 5.02 Å². The van der Waals surface area contributed by atoms with Gasteiger partial charge in [0, 0.05) is 17.3 Å². The molecule has 0 N–H and O–H groups in total. The molecule has 0 aliphatic heterocycles. The molecule has 0 saturated carbocycles. The third kappa shape index (κ3) is 4.44. The molecule has 0 aliphatic rings. The van der Waals surface area contributed by atoms with Crippen LogP contribution in [-0.2, 0) is 6.42 Å². The SMILES string of the molecule is CCCCCc1ccc(-c2ccc(-c3cnc(Cl)c(Cl)c3)cc2F)cc1. The third-order valence-electron chi connectivity index (χ3n) is 4.43. The van der Waals surface area contributed by atoms with Gasteiger partial charge >= 0.3 is 0 Å². The number of pyridine rings is 1. The predicted molar refractivity (Wildman–Crippen MR) is 108 cm³/mol. The number of hydrogen-bond acceptors (Lipinski definition) is 1. The second kappa shape index (κ2) is 8.66. The first-order valence-corrected chi connectivity index (χ1v) is 9.54. The molecule has 4 heteroatoms. The summed E-state index contributed by atoms with van der Waals surface area (Å²) in [4.78, 5) is 4.02. The number of halogens is 3. The van der Waals surface area contributed by atoms with E-state index >= 15 is 0 Å². The fraction of sp³-hybridized carbons (Fsp3) is 0.227. The van der Waals surface area contributed by atoms with Gasteiger partial charge in [-0.1, -0.05) is 79.4 Å². The van der Waals surface area contributed by atoms with Crippen molar-refractivity contribution < 1.29 is 4.39 Å². The van der Waals surface area contributed by atoms with Crippen LogP contribution in [0.15, 0.2) is 54.7 Å². The van der Waals surface area contributed by atoms with E-state index in [4.69, 9.17) is 23.2 Å². The monoisotopic (exact) mass is 387 g/mol. The molecule has 0 fully saturated rings. The van der Waals surface area contributed by atoms with Crippen LogP contribution in [0.2, 0.25) is 10.2 Å². The summed E-state index contributed by atoms with van der Waals surface area (Å²) < 4.78 is 14.7. The lowest BCUT2D eigenvalue weighted by atomic mass is 9.98. The van der Waals surface area contributed by atoms with Crippen molar-refractivity contribution in [3.63, 3.8) is 0 Å². The zero-order valence-corrected chi connectivity index (χ0v) is 16.1. The van der Waals surface area contributed by atoms with Crippen LogP contribution in [0.3, 0.4) is 0 Å². The Bertz CT molecular complexity index is 891. The van der Waals surface area contributed by atoms with Crippen molar-refractivity contribution in [2.24, 2.45) is 0 Å². The Balaban J connectivity index is 1.82. The van der Waals surface area contributed by atoms with Gasteiger partial charge in [-0.15, -0.1) is 0 Å². The average molecular weight is 388 g/mol. The van der Waals surface area contributed by atoms with Gasteiger partial charge < -0.3 is 0 Å². The van der Waals surface area contributed by atoms with Crippen molar-refractivity contribution >= 4 is 23.2 Å². The fourth-order valence-electron chi connectivity index (χ4n) is 2.94. The Morgan fingerprint density at radius 1 is 0.885 bits per heavy atom. The molecular weight excluding hydrogens is 368 g/mol. The van der Waals surface area contributed by atoms with Crippen LogP contribution >= 0.6 is 23.2 Å². The van der Waals surface area contributed by atoms with Gasteiger partial charge in [0.15, 0.2) is 0 Å². The average Bonchev–Trinajstić information content (AvgIpc) is 2.65. The molecule has 26 heavy (non-hydrogen) atoms. The summed E-state index contributed by atoms with van der Waals surface area (Å²) in [6.45, 7) is 2.20. The molecule has 1 aromatic heterocycles. The zero-order chi connectivity index (χ0) is 18.5. The van der Waals surface area contributed by atoms with E-state index in [9.17, 15) is 4.39 Å². The maximum Gasteiger partial charge on any atom is 0.147 e. The molecular formula is C22H20Cl2FN. The summed E-state index contributed by atoms with van der Waals surface area (Å²) >= 11 is 11.8. The number of rotatable bonds is 6. The Labute approximate surface area is 163 Å². The minimum absolute atomic E-state index is 0.242. The van der Waals surface area contributed by atoms with Crippen molar-refractivity contribution in [1.29, 1.82) is 0 Å². The zero-order valence-electron chi connectivity index (χ0n) is 14.6. The van der Waals surface area contributed by atoms with Crippen LogP contribution in [-0.4, -0.2) is 4.98 Å². The molecule has 0 atom stereocenters. The highest BCUT2D eigenvalue weighted by Gasteiger charge is 2.09. The van der Waals surface area contributed by atoms with Crippen LogP contribution < -0.4 is 0 Å². The highest BCUT2D eigenvalue weighted by molar-refractivity contribution is 6.41. The summed E-state index contributed by atoms with van der Waals surface area (Å²) in [5.74, 6) is -0.271. The van der Waals surface area contributed by atoms with E-state index in [1.165, 1.54) is 30.9 Å². The molecule has 3 aromatic rings. The van der Waals surface area contributed by atoms with E-state index < -0.39 is 0 Å². The first-order chi connectivity index (χ1) is 12.6. The minimum Gasteiger partial charge on any atom is -0.242 e. The second-order valence-electron chi connectivity index (χ2n) is 6.35. The number of aromatic nitrogens is 1. The van der Waals surface area contributed by atoms with Crippen LogP contribution in [0.1, 0.15) is 31.7 Å². The number of nitrogens with zero attached hydrogens (tertiary/aromatic N) is 1. The summed E-state index contributed by atoms with van der Waals surface area (Å²) in [7, 11) is 0. The largest absolute Gasteiger partial charge is 0.242 e. The first-order valence-electron chi connectivity index (χ1n) is 8.78. The Morgan fingerprint density at radius 3 is 2.27 bits per heavy atom. The second-order valence-corrected chi connectivity index (χ2v) is 7.11. The summed E-state index contributed by atoms with van der Waals surface area (Å²) in [5, 5.41) is 0.596. The van der Waals surface area contributed by atoms with Crippen LogP contribution in [0.25, 0.3) is 22.3 Å². The van der Waals surface area contributed by atoms with E-state index in [0.29, 0.717) is 16.1 Å². The third-order valence-corrected chi connectivity index (χ3v) is 5.12. The van der Waals surface area contributed by atoms with E-state index in [2.05, 4.69) is 24.0 Å². The van der Waals surface area contributed by atoms with Crippen LogP contribution in [0, 0.1) is 5.82 Å². The Hall–Kier alpha value is -1.90. The number of benzene rings is 2. The van der Waals surface area contributed by atoms with Gasteiger partial charge in [0.25, 0.3) is 0 Å². The normalized spacial score (nSPS) is 10.9. The summed E-state index contributed by atoms with van der Waals surface area (Å²) in [6.07, 6.45) is 6.30. The molecule has 0 radical (unpaired) electrons. The molecule has 1 nitrogen and oxygen atoms in total. The van der Waals surface area contributed by atoms with Crippen molar-refractivity contribution in [3.05, 3.63) is 76.3 Å². The highest BCUT2D eigenvalue weighted by Crippen LogP contribution is 2.30. The quantitative estimate of drug-likeness (QED) is 0.313. The maximum atomic E-state index is 14.7. The van der Waals surface area contributed by atoms with Gasteiger partial charge in [0.1, 0.15) is 11.0 Å². The van der Waals surface area contributed by atoms with E-state index in [-0.39, 0.29) is 11.0 Å². The maximum absolute atomic E-state index is 14.7. The highest BCUT2D eigenvalue weighted by atomic mass is 35.5. The minimum atomic E-state index is -0.271. The number of unbranched alkanes of at least 4 members (excludes halogenated alkanes) is 2. The van der Waals surface area contributed by atoms with Gasteiger partial charge in [-0.3, -0.25) is 0 Å². The molecule has 134 valence electrons. The molecule has 0 aliphatic carbocycles.